The van der Waals surface area contributed by atoms with E-state index >= 15 is 0 Å². The fourth-order valence-electron chi connectivity index (χ4n) is 0.983. The van der Waals surface area contributed by atoms with Gasteiger partial charge in [-0.1, -0.05) is 27.5 Å². The van der Waals surface area contributed by atoms with E-state index in [4.69, 9.17) is 21.1 Å². The quantitative estimate of drug-likeness (QED) is 0.606. The zero-order chi connectivity index (χ0) is 10.4. The van der Waals surface area contributed by atoms with E-state index in [1.54, 1.807) is 19.2 Å². The molecule has 14 heavy (non-hydrogen) atoms. The molecule has 0 fully saturated rings. The van der Waals surface area contributed by atoms with Gasteiger partial charge >= 0.3 is 0 Å². The number of halogens is 2. The molecule has 0 aromatic heterocycles. The molecule has 0 unspecified atom stereocenters. The molecule has 0 heterocycles. The summed E-state index contributed by atoms with van der Waals surface area (Å²) in [5, 5.41) is 1.56. The molecule has 1 aromatic rings. The highest BCUT2D eigenvalue weighted by Gasteiger charge is 2.00. The van der Waals surface area contributed by atoms with Crippen molar-refractivity contribution >= 4 is 27.5 Å². The van der Waals surface area contributed by atoms with E-state index in [0.29, 0.717) is 17.4 Å². The van der Waals surface area contributed by atoms with Crippen molar-refractivity contribution in [1.29, 1.82) is 0 Å². The fourth-order valence-corrected chi connectivity index (χ4v) is 1.43. The number of hydrogen-bond acceptors (Lipinski definition) is 2. The van der Waals surface area contributed by atoms with Crippen LogP contribution in [0, 0.1) is 0 Å². The minimum Gasteiger partial charge on any atom is -0.497 e. The first kappa shape index (κ1) is 11.7. The van der Waals surface area contributed by atoms with Gasteiger partial charge in [0.05, 0.1) is 13.7 Å². The third-order valence-electron chi connectivity index (χ3n) is 1.63. The van der Waals surface area contributed by atoms with Crippen LogP contribution in [-0.4, -0.2) is 19.0 Å². The Bertz CT molecular complexity index is 291. The zero-order valence-electron chi connectivity index (χ0n) is 7.93. The molecule has 0 aliphatic heterocycles. The molecule has 2 nitrogen and oxygen atoms in total. The van der Waals surface area contributed by atoms with E-state index < -0.39 is 0 Å². The molecular formula is C10H12BrClO2. The third kappa shape index (κ3) is 3.76. The topological polar surface area (TPSA) is 18.5 Å². The van der Waals surface area contributed by atoms with Crippen molar-refractivity contribution in [2.75, 3.05) is 19.0 Å². The third-order valence-corrected chi connectivity index (χ3v) is 2.41. The standard InChI is InChI=1S/C10H12BrClO2/c1-13-9-5-8(12)6-10(7-9)14-4-2-3-11/h5-7H,2-4H2,1H3. The maximum atomic E-state index is 5.87. The Morgan fingerprint density at radius 2 is 2.00 bits per heavy atom. The monoisotopic (exact) mass is 278 g/mol. The molecule has 1 rings (SSSR count). The van der Waals surface area contributed by atoms with Gasteiger partial charge in [0.1, 0.15) is 11.5 Å². The van der Waals surface area contributed by atoms with E-state index in [-0.39, 0.29) is 0 Å². The molecule has 0 spiro atoms. The number of benzene rings is 1. The Balaban J connectivity index is 2.62. The Morgan fingerprint density at radius 1 is 1.29 bits per heavy atom. The van der Waals surface area contributed by atoms with Crippen LogP contribution in [0.2, 0.25) is 5.02 Å². The van der Waals surface area contributed by atoms with Gasteiger partial charge in [0.15, 0.2) is 0 Å². The summed E-state index contributed by atoms with van der Waals surface area (Å²) in [6, 6.07) is 5.34. The lowest BCUT2D eigenvalue weighted by Gasteiger charge is -2.07. The highest BCUT2D eigenvalue weighted by molar-refractivity contribution is 9.09. The van der Waals surface area contributed by atoms with Gasteiger partial charge in [0.25, 0.3) is 0 Å². The summed E-state index contributed by atoms with van der Waals surface area (Å²) in [5.74, 6) is 1.46. The molecular weight excluding hydrogens is 267 g/mol. The van der Waals surface area contributed by atoms with Gasteiger partial charge in [0.2, 0.25) is 0 Å². The lowest BCUT2D eigenvalue weighted by molar-refractivity contribution is 0.316. The lowest BCUT2D eigenvalue weighted by atomic mass is 10.3. The van der Waals surface area contributed by atoms with Crippen LogP contribution in [0.3, 0.4) is 0 Å². The highest BCUT2D eigenvalue weighted by Crippen LogP contribution is 2.25. The Morgan fingerprint density at radius 3 is 2.64 bits per heavy atom. The second kappa shape index (κ2) is 6.14. The second-order valence-electron chi connectivity index (χ2n) is 2.72. The van der Waals surface area contributed by atoms with E-state index in [9.17, 15) is 0 Å². The summed E-state index contributed by atoms with van der Waals surface area (Å²) >= 11 is 9.21. The van der Waals surface area contributed by atoms with Crippen molar-refractivity contribution < 1.29 is 9.47 Å². The van der Waals surface area contributed by atoms with Gasteiger partial charge in [-0.3, -0.25) is 0 Å². The molecule has 0 amide bonds. The lowest BCUT2D eigenvalue weighted by Crippen LogP contribution is -1.97. The molecule has 1 aromatic carbocycles. The second-order valence-corrected chi connectivity index (χ2v) is 3.95. The van der Waals surface area contributed by atoms with Crippen LogP contribution in [0.15, 0.2) is 18.2 Å². The van der Waals surface area contributed by atoms with E-state index in [2.05, 4.69) is 15.9 Å². The van der Waals surface area contributed by atoms with E-state index in [0.717, 1.165) is 17.5 Å². The van der Waals surface area contributed by atoms with Crippen molar-refractivity contribution in [2.24, 2.45) is 0 Å². The van der Waals surface area contributed by atoms with Crippen molar-refractivity contribution in [3.63, 3.8) is 0 Å². The summed E-state index contributed by atoms with van der Waals surface area (Å²) in [7, 11) is 1.61. The Labute approximate surface area is 97.3 Å². The van der Waals surface area contributed by atoms with Crippen molar-refractivity contribution in [1.82, 2.24) is 0 Å². The number of hydrogen-bond donors (Lipinski definition) is 0. The summed E-state index contributed by atoms with van der Waals surface area (Å²) in [5.41, 5.74) is 0. The summed E-state index contributed by atoms with van der Waals surface area (Å²) in [6.07, 6.45) is 0.967. The maximum absolute atomic E-state index is 5.87. The van der Waals surface area contributed by atoms with Gasteiger partial charge in [0, 0.05) is 16.4 Å². The van der Waals surface area contributed by atoms with Crippen LogP contribution in [-0.2, 0) is 0 Å². The van der Waals surface area contributed by atoms with Crippen molar-refractivity contribution in [3.05, 3.63) is 23.2 Å². The van der Waals surface area contributed by atoms with Crippen LogP contribution in [0.1, 0.15) is 6.42 Å². The summed E-state index contributed by atoms with van der Waals surface area (Å²) in [6.45, 7) is 0.675. The van der Waals surface area contributed by atoms with E-state index in [1.807, 2.05) is 6.07 Å². The van der Waals surface area contributed by atoms with Crippen LogP contribution in [0.5, 0.6) is 11.5 Å². The number of methoxy groups -OCH3 is 1. The predicted octanol–water partition coefficient (Wildman–Crippen LogP) is 3.51. The van der Waals surface area contributed by atoms with E-state index in [1.165, 1.54) is 0 Å². The normalized spacial score (nSPS) is 9.93. The van der Waals surface area contributed by atoms with Crippen LogP contribution >= 0.6 is 27.5 Å². The summed E-state index contributed by atoms with van der Waals surface area (Å²) < 4.78 is 10.5. The van der Waals surface area contributed by atoms with Crippen LogP contribution in [0.4, 0.5) is 0 Å². The van der Waals surface area contributed by atoms with Gasteiger partial charge in [-0.05, 0) is 18.6 Å². The van der Waals surface area contributed by atoms with Crippen molar-refractivity contribution in [2.45, 2.75) is 6.42 Å². The Kier molecular flexibility index (Phi) is 5.12. The number of alkyl halides is 1. The first-order chi connectivity index (χ1) is 6.76. The predicted molar refractivity (Wildman–Crippen MR) is 61.9 cm³/mol. The molecule has 4 heteroatoms. The largest absolute Gasteiger partial charge is 0.497 e. The molecule has 0 saturated heterocycles. The zero-order valence-corrected chi connectivity index (χ0v) is 10.3. The average molecular weight is 280 g/mol. The van der Waals surface area contributed by atoms with Gasteiger partial charge < -0.3 is 9.47 Å². The molecule has 0 radical (unpaired) electrons. The van der Waals surface area contributed by atoms with Crippen molar-refractivity contribution in [3.8, 4) is 11.5 Å². The van der Waals surface area contributed by atoms with Crippen LogP contribution in [0.25, 0.3) is 0 Å². The minimum atomic E-state index is 0.623. The molecule has 0 aliphatic rings. The number of rotatable bonds is 5. The van der Waals surface area contributed by atoms with Crippen LogP contribution < -0.4 is 9.47 Å². The SMILES string of the molecule is COc1cc(Cl)cc(OCCCBr)c1. The highest BCUT2D eigenvalue weighted by atomic mass is 79.9. The maximum Gasteiger partial charge on any atom is 0.124 e. The first-order valence-electron chi connectivity index (χ1n) is 4.29. The average Bonchev–Trinajstić information content (AvgIpc) is 2.17. The molecule has 78 valence electrons. The van der Waals surface area contributed by atoms with Gasteiger partial charge in [-0.2, -0.15) is 0 Å². The van der Waals surface area contributed by atoms with Gasteiger partial charge in [-0.25, -0.2) is 0 Å². The minimum absolute atomic E-state index is 0.623. The molecule has 0 N–H and O–H groups in total. The fraction of sp³-hybridized carbons (Fsp3) is 0.400. The molecule has 0 atom stereocenters. The first-order valence-corrected chi connectivity index (χ1v) is 5.79. The summed E-state index contributed by atoms with van der Waals surface area (Å²) in [4.78, 5) is 0. The number of ether oxygens (including phenoxy) is 2. The molecule has 0 aliphatic carbocycles. The Hall–Kier alpha value is -0.410. The molecule has 0 saturated carbocycles. The molecule has 0 bridgehead atoms. The smallest absolute Gasteiger partial charge is 0.124 e. The van der Waals surface area contributed by atoms with Gasteiger partial charge in [-0.15, -0.1) is 0 Å².